The van der Waals surface area contributed by atoms with Crippen molar-refractivity contribution in [2.24, 2.45) is 0 Å². The molecule has 1 unspecified atom stereocenters. The quantitative estimate of drug-likeness (QED) is 0.835. The van der Waals surface area contributed by atoms with Crippen LogP contribution in [0, 0.1) is 13.8 Å². The third kappa shape index (κ3) is 4.12. The molecule has 0 radical (unpaired) electrons. The summed E-state index contributed by atoms with van der Waals surface area (Å²) in [6.07, 6.45) is -0.731. The van der Waals surface area contributed by atoms with Crippen LogP contribution in [0.4, 0.5) is 0 Å². The molecule has 2 rings (SSSR count). The molecule has 2 N–H and O–H groups in total. The average molecular weight is 349 g/mol. The standard InChI is InChI=1S/C16H17BrN2O2/c1-10-4-3-5-12(8-10)14(20)9-18-16(21)13-7-6-11(2)19-15(13)17/h3-8,14,20H,9H2,1-2H3,(H,18,21). The Morgan fingerprint density at radius 2 is 2.10 bits per heavy atom. The van der Waals surface area contributed by atoms with E-state index in [2.05, 4.69) is 26.2 Å². The maximum Gasteiger partial charge on any atom is 0.254 e. The molecule has 1 aromatic carbocycles. The minimum atomic E-state index is -0.731. The Labute approximate surface area is 132 Å². The van der Waals surface area contributed by atoms with Crippen LogP contribution >= 0.6 is 15.9 Å². The third-order valence-corrected chi connectivity index (χ3v) is 3.72. The number of benzene rings is 1. The first-order valence-corrected chi connectivity index (χ1v) is 7.42. The Morgan fingerprint density at radius 1 is 1.33 bits per heavy atom. The SMILES string of the molecule is Cc1cccc(C(O)CNC(=O)c2ccc(C)nc2Br)c1. The molecule has 1 atom stereocenters. The molecule has 0 aliphatic heterocycles. The number of aromatic nitrogens is 1. The van der Waals surface area contributed by atoms with Crippen molar-refractivity contribution in [3.8, 4) is 0 Å². The highest BCUT2D eigenvalue weighted by molar-refractivity contribution is 9.10. The van der Waals surface area contributed by atoms with E-state index in [0.29, 0.717) is 10.2 Å². The number of aliphatic hydroxyl groups excluding tert-OH is 1. The van der Waals surface area contributed by atoms with Crippen molar-refractivity contribution in [1.29, 1.82) is 0 Å². The van der Waals surface area contributed by atoms with Gasteiger partial charge in [0.05, 0.1) is 11.7 Å². The Morgan fingerprint density at radius 3 is 2.76 bits per heavy atom. The lowest BCUT2D eigenvalue weighted by molar-refractivity contribution is 0.0915. The number of pyridine rings is 1. The normalized spacial score (nSPS) is 12.0. The molecular formula is C16H17BrN2O2. The van der Waals surface area contributed by atoms with Crippen LogP contribution in [-0.4, -0.2) is 22.5 Å². The second-order valence-corrected chi connectivity index (χ2v) is 5.68. The fourth-order valence-electron chi connectivity index (χ4n) is 1.97. The number of carbonyl (C=O) groups excluding carboxylic acids is 1. The summed E-state index contributed by atoms with van der Waals surface area (Å²) in [6.45, 7) is 3.97. The van der Waals surface area contributed by atoms with Crippen LogP contribution in [0.2, 0.25) is 0 Å². The first-order valence-electron chi connectivity index (χ1n) is 6.63. The van der Waals surface area contributed by atoms with Crippen molar-refractivity contribution in [2.75, 3.05) is 6.54 Å². The van der Waals surface area contributed by atoms with E-state index in [1.165, 1.54) is 0 Å². The molecule has 5 heteroatoms. The molecule has 4 nitrogen and oxygen atoms in total. The van der Waals surface area contributed by atoms with Gasteiger partial charge in [0, 0.05) is 12.2 Å². The molecule has 0 fully saturated rings. The van der Waals surface area contributed by atoms with Crippen LogP contribution in [0.25, 0.3) is 0 Å². The second-order valence-electron chi connectivity index (χ2n) is 4.93. The van der Waals surface area contributed by atoms with Crippen LogP contribution in [0.5, 0.6) is 0 Å². The number of amides is 1. The zero-order valence-electron chi connectivity index (χ0n) is 11.9. The highest BCUT2D eigenvalue weighted by atomic mass is 79.9. The van der Waals surface area contributed by atoms with E-state index in [1.807, 2.05) is 38.1 Å². The zero-order chi connectivity index (χ0) is 15.4. The Balaban J connectivity index is 2.00. The van der Waals surface area contributed by atoms with Gasteiger partial charge in [-0.15, -0.1) is 0 Å². The van der Waals surface area contributed by atoms with E-state index in [9.17, 15) is 9.90 Å². The number of hydrogen-bond acceptors (Lipinski definition) is 3. The van der Waals surface area contributed by atoms with Gasteiger partial charge in [0.25, 0.3) is 5.91 Å². The first-order chi connectivity index (χ1) is 9.97. The van der Waals surface area contributed by atoms with Gasteiger partial charge in [-0.3, -0.25) is 4.79 Å². The summed E-state index contributed by atoms with van der Waals surface area (Å²) in [5.74, 6) is -0.263. The summed E-state index contributed by atoms with van der Waals surface area (Å²) >= 11 is 3.27. The zero-order valence-corrected chi connectivity index (χ0v) is 13.5. The maximum absolute atomic E-state index is 12.1. The van der Waals surface area contributed by atoms with Crippen molar-refractivity contribution < 1.29 is 9.90 Å². The number of halogens is 1. The summed E-state index contributed by atoms with van der Waals surface area (Å²) in [7, 11) is 0. The molecule has 2 aromatic rings. The maximum atomic E-state index is 12.1. The molecular weight excluding hydrogens is 332 g/mol. The van der Waals surface area contributed by atoms with Gasteiger partial charge in [0.1, 0.15) is 4.60 Å². The molecule has 21 heavy (non-hydrogen) atoms. The van der Waals surface area contributed by atoms with E-state index in [1.54, 1.807) is 12.1 Å². The van der Waals surface area contributed by atoms with Crippen LogP contribution < -0.4 is 5.32 Å². The fraction of sp³-hybridized carbons (Fsp3) is 0.250. The topological polar surface area (TPSA) is 62.2 Å². The first kappa shape index (κ1) is 15.7. The van der Waals surface area contributed by atoms with Crippen molar-refractivity contribution in [3.63, 3.8) is 0 Å². The Hall–Kier alpha value is -1.72. The number of hydrogen-bond donors (Lipinski definition) is 2. The van der Waals surface area contributed by atoms with Gasteiger partial charge in [0.15, 0.2) is 0 Å². The van der Waals surface area contributed by atoms with E-state index in [-0.39, 0.29) is 12.5 Å². The summed E-state index contributed by atoms with van der Waals surface area (Å²) < 4.78 is 0.505. The van der Waals surface area contributed by atoms with E-state index < -0.39 is 6.10 Å². The van der Waals surface area contributed by atoms with Crippen LogP contribution in [-0.2, 0) is 0 Å². The molecule has 110 valence electrons. The molecule has 0 bridgehead atoms. The summed E-state index contributed by atoms with van der Waals surface area (Å²) in [5, 5.41) is 12.8. The third-order valence-electron chi connectivity index (χ3n) is 3.12. The van der Waals surface area contributed by atoms with Crippen molar-refractivity contribution in [1.82, 2.24) is 10.3 Å². The number of aliphatic hydroxyl groups is 1. The Kier molecular flexibility index (Phi) is 5.09. The van der Waals surface area contributed by atoms with Crippen molar-refractivity contribution in [2.45, 2.75) is 20.0 Å². The number of aryl methyl sites for hydroxylation is 2. The van der Waals surface area contributed by atoms with Crippen LogP contribution in [0.15, 0.2) is 41.0 Å². The number of rotatable bonds is 4. The predicted molar refractivity (Wildman–Crippen MR) is 85.1 cm³/mol. The van der Waals surface area contributed by atoms with Gasteiger partial charge < -0.3 is 10.4 Å². The van der Waals surface area contributed by atoms with Gasteiger partial charge in [0.2, 0.25) is 0 Å². The predicted octanol–water partition coefficient (Wildman–Crippen LogP) is 2.92. The Bertz CT molecular complexity index is 658. The highest BCUT2D eigenvalue weighted by Crippen LogP contribution is 2.16. The van der Waals surface area contributed by atoms with E-state index >= 15 is 0 Å². The number of nitrogens with one attached hydrogen (secondary N) is 1. The average Bonchev–Trinajstić information content (AvgIpc) is 2.44. The van der Waals surface area contributed by atoms with Gasteiger partial charge >= 0.3 is 0 Å². The summed E-state index contributed by atoms with van der Waals surface area (Å²) in [4.78, 5) is 16.3. The monoisotopic (exact) mass is 348 g/mol. The van der Waals surface area contributed by atoms with E-state index in [4.69, 9.17) is 0 Å². The number of carbonyl (C=O) groups is 1. The lowest BCUT2D eigenvalue weighted by Gasteiger charge is -2.13. The highest BCUT2D eigenvalue weighted by Gasteiger charge is 2.14. The van der Waals surface area contributed by atoms with Crippen molar-refractivity contribution >= 4 is 21.8 Å². The largest absolute Gasteiger partial charge is 0.387 e. The lowest BCUT2D eigenvalue weighted by atomic mass is 10.1. The second kappa shape index (κ2) is 6.83. The lowest BCUT2D eigenvalue weighted by Crippen LogP contribution is -2.28. The molecule has 0 spiro atoms. The molecule has 0 aliphatic rings. The molecule has 1 aromatic heterocycles. The van der Waals surface area contributed by atoms with Gasteiger partial charge in [-0.2, -0.15) is 0 Å². The minimum absolute atomic E-state index is 0.155. The molecule has 0 saturated heterocycles. The summed E-state index contributed by atoms with van der Waals surface area (Å²) in [5.41, 5.74) is 3.15. The van der Waals surface area contributed by atoms with Gasteiger partial charge in [-0.25, -0.2) is 4.98 Å². The molecule has 1 heterocycles. The molecule has 0 aliphatic carbocycles. The van der Waals surface area contributed by atoms with Gasteiger partial charge in [-0.1, -0.05) is 29.8 Å². The van der Waals surface area contributed by atoms with Crippen molar-refractivity contribution in [3.05, 3.63) is 63.4 Å². The molecule has 0 saturated carbocycles. The van der Waals surface area contributed by atoms with E-state index in [0.717, 1.165) is 16.8 Å². The fourth-order valence-corrected chi connectivity index (χ4v) is 2.57. The van der Waals surface area contributed by atoms with Gasteiger partial charge in [-0.05, 0) is 47.5 Å². The van der Waals surface area contributed by atoms with Crippen LogP contribution in [0.1, 0.15) is 33.3 Å². The minimum Gasteiger partial charge on any atom is -0.387 e. The molecule has 1 amide bonds. The van der Waals surface area contributed by atoms with Crippen LogP contribution in [0.3, 0.4) is 0 Å². The number of nitrogens with zero attached hydrogens (tertiary/aromatic N) is 1. The summed E-state index contributed by atoms with van der Waals surface area (Å²) in [6, 6.07) is 11.1. The smallest absolute Gasteiger partial charge is 0.254 e.